The van der Waals surface area contributed by atoms with Crippen molar-refractivity contribution in [1.29, 1.82) is 0 Å². The van der Waals surface area contributed by atoms with Gasteiger partial charge in [-0.15, -0.1) is 0 Å². The predicted molar refractivity (Wildman–Crippen MR) is 70.9 cm³/mol. The summed E-state index contributed by atoms with van der Waals surface area (Å²) in [5.41, 5.74) is 6.64. The fourth-order valence-electron chi connectivity index (χ4n) is 2.70. The number of hydrogen-bond donors (Lipinski definition) is 2. The van der Waals surface area contributed by atoms with E-state index in [0.29, 0.717) is 24.9 Å². The summed E-state index contributed by atoms with van der Waals surface area (Å²) in [6.45, 7) is 3.46. The molecule has 0 atom stereocenters. The van der Waals surface area contributed by atoms with Gasteiger partial charge < -0.3 is 10.8 Å². The number of anilines is 1. The largest absolute Gasteiger partial charge is 0.395 e. The van der Waals surface area contributed by atoms with Gasteiger partial charge in [-0.3, -0.25) is 4.90 Å². The van der Waals surface area contributed by atoms with Crippen molar-refractivity contribution in [3.63, 3.8) is 0 Å². The zero-order valence-electron chi connectivity index (χ0n) is 11.0. The summed E-state index contributed by atoms with van der Waals surface area (Å²) in [5, 5.41) is 9.18. The Balaban J connectivity index is 2.07. The fourth-order valence-corrected chi connectivity index (χ4v) is 2.70. The highest BCUT2D eigenvalue weighted by atomic mass is 16.3. The maximum atomic E-state index is 9.18. The van der Waals surface area contributed by atoms with E-state index in [2.05, 4.69) is 14.9 Å². The smallest absolute Gasteiger partial charge is 0.144 e. The minimum Gasteiger partial charge on any atom is -0.395 e. The van der Waals surface area contributed by atoms with Crippen LogP contribution in [0.5, 0.6) is 0 Å². The van der Waals surface area contributed by atoms with Crippen LogP contribution in [-0.4, -0.2) is 39.2 Å². The van der Waals surface area contributed by atoms with Crippen molar-refractivity contribution in [3.05, 3.63) is 17.6 Å². The molecule has 0 saturated heterocycles. The summed E-state index contributed by atoms with van der Waals surface area (Å²) in [6, 6.07) is 2.33. The molecule has 5 nitrogen and oxygen atoms in total. The number of nitrogens with two attached hydrogens (primary N) is 1. The number of nitrogens with zero attached hydrogens (tertiary/aromatic N) is 3. The molecule has 1 fully saturated rings. The van der Waals surface area contributed by atoms with E-state index in [9.17, 15) is 5.11 Å². The van der Waals surface area contributed by atoms with E-state index in [-0.39, 0.29) is 6.61 Å². The van der Waals surface area contributed by atoms with Crippen LogP contribution in [0.1, 0.15) is 37.2 Å². The normalized spacial score (nSPS) is 16.6. The zero-order chi connectivity index (χ0) is 13.0. The number of aromatic nitrogens is 2. The molecule has 2 rings (SSSR count). The van der Waals surface area contributed by atoms with Gasteiger partial charge in [-0.1, -0.05) is 12.8 Å². The van der Waals surface area contributed by atoms with Gasteiger partial charge in [0.15, 0.2) is 0 Å². The second-order valence-corrected chi connectivity index (χ2v) is 4.98. The van der Waals surface area contributed by atoms with E-state index in [0.717, 1.165) is 11.5 Å². The first-order valence-corrected chi connectivity index (χ1v) is 6.64. The third-order valence-corrected chi connectivity index (χ3v) is 3.49. The van der Waals surface area contributed by atoms with E-state index in [1.165, 1.54) is 25.7 Å². The van der Waals surface area contributed by atoms with Crippen molar-refractivity contribution >= 4 is 5.82 Å². The Labute approximate surface area is 108 Å². The SMILES string of the molecule is Cc1cc(N)nc(CN(CCO)C2CCCC2)n1. The average Bonchev–Trinajstić information content (AvgIpc) is 2.80. The molecule has 3 N–H and O–H groups in total. The second kappa shape index (κ2) is 6.11. The molecule has 18 heavy (non-hydrogen) atoms. The molecule has 0 aliphatic heterocycles. The summed E-state index contributed by atoms with van der Waals surface area (Å²) in [5.74, 6) is 1.28. The van der Waals surface area contributed by atoms with Gasteiger partial charge in [0.05, 0.1) is 13.2 Å². The molecule has 100 valence electrons. The Bertz CT molecular complexity index is 370. The van der Waals surface area contributed by atoms with Crippen LogP contribution in [-0.2, 0) is 6.54 Å². The van der Waals surface area contributed by atoms with Crippen LogP contribution in [0.4, 0.5) is 5.82 Å². The molecular formula is C13H22N4O. The Morgan fingerprint density at radius 2 is 2.11 bits per heavy atom. The average molecular weight is 250 g/mol. The van der Waals surface area contributed by atoms with Gasteiger partial charge >= 0.3 is 0 Å². The summed E-state index contributed by atoms with van der Waals surface area (Å²) < 4.78 is 0. The molecule has 0 aromatic carbocycles. The van der Waals surface area contributed by atoms with Crippen molar-refractivity contribution in [1.82, 2.24) is 14.9 Å². The van der Waals surface area contributed by atoms with Gasteiger partial charge in [-0.05, 0) is 19.8 Å². The van der Waals surface area contributed by atoms with Crippen molar-refractivity contribution in [2.75, 3.05) is 18.9 Å². The van der Waals surface area contributed by atoms with Crippen LogP contribution in [0.2, 0.25) is 0 Å². The number of hydrogen-bond acceptors (Lipinski definition) is 5. The third kappa shape index (κ3) is 3.40. The van der Waals surface area contributed by atoms with Gasteiger partial charge in [-0.2, -0.15) is 0 Å². The van der Waals surface area contributed by atoms with E-state index in [4.69, 9.17) is 5.73 Å². The number of aliphatic hydroxyl groups excluding tert-OH is 1. The second-order valence-electron chi connectivity index (χ2n) is 4.98. The van der Waals surface area contributed by atoms with Crippen LogP contribution in [0.25, 0.3) is 0 Å². The standard InChI is InChI=1S/C13H22N4O/c1-10-8-12(14)16-13(15-10)9-17(6-7-18)11-4-2-3-5-11/h8,11,18H,2-7,9H2,1H3,(H2,14,15,16). The van der Waals surface area contributed by atoms with Crippen LogP contribution in [0.3, 0.4) is 0 Å². The first-order chi connectivity index (χ1) is 8.69. The number of aryl methyl sites for hydroxylation is 1. The number of rotatable bonds is 5. The molecule has 0 unspecified atom stereocenters. The van der Waals surface area contributed by atoms with Crippen LogP contribution in [0.15, 0.2) is 6.07 Å². The van der Waals surface area contributed by atoms with E-state index in [1.54, 1.807) is 6.07 Å². The maximum Gasteiger partial charge on any atom is 0.144 e. The molecule has 0 radical (unpaired) electrons. The lowest BCUT2D eigenvalue weighted by Gasteiger charge is -2.27. The highest BCUT2D eigenvalue weighted by Gasteiger charge is 2.23. The van der Waals surface area contributed by atoms with Crippen molar-refractivity contribution in [3.8, 4) is 0 Å². The minimum atomic E-state index is 0.178. The molecule has 1 aliphatic rings. The summed E-state index contributed by atoms with van der Waals surface area (Å²) in [4.78, 5) is 11.0. The van der Waals surface area contributed by atoms with Gasteiger partial charge in [0.2, 0.25) is 0 Å². The van der Waals surface area contributed by atoms with Gasteiger partial charge in [0.1, 0.15) is 11.6 Å². The first kappa shape index (κ1) is 13.2. The van der Waals surface area contributed by atoms with Crippen LogP contribution < -0.4 is 5.73 Å². The molecule has 1 heterocycles. The van der Waals surface area contributed by atoms with Gasteiger partial charge in [-0.25, -0.2) is 9.97 Å². The van der Waals surface area contributed by atoms with Crippen LogP contribution in [0, 0.1) is 6.92 Å². The fraction of sp³-hybridized carbons (Fsp3) is 0.692. The summed E-state index contributed by atoms with van der Waals surface area (Å²) >= 11 is 0. The summed E-state index contributed by atoms with van der Waals surface area (Å²) in [7, 11) is 0. The highest BCUT2D eigenvalue weighted by molar-refractivity contribution is 5.29. The predicted octanol–water partition coefficient (Wildman–Crippen LogP) is 1.10. The van der Waals surface area contributed by atoms with E-state index in [1.807, 2.05) is 6.92 Å². The molecule has 1 aliphatic carbocycles. The maximum absolute atomic E-state index is 9.18. The number of aliphatic hydroxyl groups is 1. The quantitative estimate of drug-likeness (QED) is 0.818. The topological polar surface area (TPSA) is 75.3 Å². The zero-order valence-corrected chi connectivity index (χ0v) is 11.0. The first-order valence-electron chi connectivity index (χ1n) is 6.64. The molecule has 1 saturated carbocycles. The molecule has 0 amide bonds. The van der Waals surface area contributed by atoms with Gasteiger partial charge in [0.25, 0.3) is 0 Å². The Morgan fingerprint density at radius 1 is 1.39 bits per heavy atom. The highest BCUT2D eigenvalue weighted by Crippen LogP contribution is 2.24. The molecule has 0 spiro atoms. The molecule has 5 heteroatoms. The summed E-state index contributed by atoms with van der Waals surface area (Å²) in [6.07, 6.45) is 4.98. The third-order valence-electron chi connectivity index (χ3n) is 3.49. The Hall–Kier alpha value is -1.20. The molecule has 1 aromatic rings. The lowest BCUT2D eigenvalue weighted by Crippen LogP contribution is -2.35. The van der Waals surface area contributed by atoms with Gasteiger partial charge in [0, 0.05) is 24.3 Å². The Morgan fingerprint density at radius 3 is 2.72 bits per heavy atom. The number of nitrogen functional groups attached to an aromatic ring is 1. The Kier molecular flexibility index (Phi) is 4.49. The van der Waals surface area contributed by atoms with Crippen molar-refractivity contribution in [2.24, 2.45) is 0 Å². The monoisotopic (exact) mass is 250 g/mol. The molecule has 0 bridgehead atoms. The van der Waals surface area contributed by atoms with Crippen molar-refractivity contribution in [2.45, 2.75) is 45.2 Å². The van der Waals surface area contributed by atoms with E-state index < -0.39 is 0 Å². The van der Waals surface area contributed by atoms with Crippen molar-refractivity contribution < 1.29 is 5.11 Å². The molecular weight excluding hydrogens is 228 g/mol. The van der Waals surface area contributed by atoms with Crippen LogP contribution >= 0.6 is 0 Å². The molecule has 1 aromatic heterocycles. The van der Waals surface area contributed by atoms with E-state index >= 15 is 0 Å². The minimum absolute atomic E-state index is 0.178. The lowest BCUT2D eigenvalue weighted by molar-refractivity contribution is 0.141. The lowest BCUT2D eigenvalue weighted by atomic mass is 10.2.